The highest BCUT2D eigenvalue weighted by Crippen LogP contribution is 2.43. The maximum absolute atomic E-state index is 2.73. The van der Waals surface area contributed by atoms with Gasteiger partial charge in [-0.15, -0.1) is 0 Å². The van der Waals surface area contributed by atoms with E-state index in [-0.39, 0.29) is 0 Å². The topological polar surface area (TPSA) is 9.86 Å². The molecule has 0 aliphatic heterocycles. The van der Waals surface area contributed by atoms with E-state index in [1.54, 1.807) is 0 Å². The Balaban J connectivity index is 1.84. The molecule has 2 heteroatoms. The van der Waals surface area contributed by atoms with Gasteiger partial charge in [-0.3, -0.25) is 0 Å². The second-order valence-corrected chi connectivity index (χ2v) is 10.5. The van der Waals surface area contributed by atoms with Gasteiger partial charge in [0.05, 0.1) is 11.4 Å². The maximum Gasteiger partial charge on any atom is 0.0682 e. The lowest BCUT2D eigenvalue weighted by atomic mass is 9.86. The zero-order valence-electron chi connectivity index (χ0n) is 20.2. The Kier molecular flexibility index (Phi) is 6.32. The molecule has 2 heterocycles. The molecule has 0 N–H and O–H groups in total. The van der Waals surface area contributed by atoms with Crippen LogP contribution in [0.5, 0.6) is 0 Å². The average molecular weight is 407 g/mol. The Morgan fingerprint density at radius 1 is 0.733 bits per heavy atom. The lowest BCUT2D eigenvalue weighted by Crippen LogP contribution is -2.21. The molecular formula is C28H42N2. The minimum Gasteiger partial charge on any atom is -0.340 e. The van der Waals surface area contributed by atoms with Gasteiger partial charge in [0, 0.05) is 23.5 Å². The number of allylic oxidation sites excluding steroid dienone is 1. The fraction of sp³-hybridized carbons (Fsp3) is 0.643. The van der Waals surface area contributed by atoms with Crippen molar-refractivity contribution in [2.24, 2.45) is 11.8 Å². The molecule has 2 aliphatic carbocycles. The number of hydrogen-bond donors (Lipinski definition) is 0. The van der Waals surface area contributed by atoms with E-state index < -0.39 is 0 Å². The molecule has 0 spiro atoms. The second kappa shape index (κ2) is 8.81. The van der Waals surface area contributed by atoms with E-state index in [0.29, 0.717) is 12.1 Å². The molecule has 4 rings (SSSR count). The van der Waals surface area contributed by atoms with Crippen LogP contribution < -0.4 is 0 Å². The first-order chi connectivity index (χ1) is 14.4. The van der Waals surface area contributed by atoms with E-state index in [1.807, 2.05) is 0 Å². The molecule has 164 valence electrons. The van der Waals surface area contributed by atoms with Crippen LogP contribution in [0.15, 0.2) is 18.2 Å². The Bertz CT molecular complexity index is 894. The largest absolute Gasteiger partial charge is 0.340 e. The van der Waals surface area contributed by atoms with Gasteiger partial charge in [-0.2, -0.15) is 0 Å². The molecule has 2 nitrogen and oxygen atoms in total. The van der Waals surface area contributed by atoms with Gasteiger partial charge in [-0.25, -0.2) is 0 Å². The summed E-state index contributed by atoms with van der Waals surface area (Å²) in [5.74, 6) is 1.77. The molecule has 0 saturated heterocycles. The van der Waals surface area contributed by atoms with E-state index in [0.717, 1.165) is 11.8 Å². The third-order valence-corrected chi connectivity index (χ3v) is 7.96. The molecule has 30 heavy (non-hydrogen) atoms. The predicted octanol–water partition coefficient (Wildman–Crippen LogP) is 8.42. The molecule has 2 saturated carbocycles. The van der Waals surface area contributed by atoms with Crippen LogP contribution in [0.3, 0.4) is 0 Å². The van der Waals surface area contributed by atoms with Crippen LogP contribution in [0.2, 0.25) is 0 Å². The Morgan fingerprint density at radius 2 is 1.27 bits per heavy atom. The normalized spacial score (nSPS) is 27.8. The third kappa shape index (κ3) is 3.95. The Labute approximate surface area is 184 Å². The minimum atomic E-state index is 0.630. The number of rotatable bonds is 4. The van der Waals surface area contributed by atoms with Crippen LogP contribution in [0.1, 0.15) is 107 Å². The minimum absolute atomic E-state index is 0.630. The van der Waals surface area contributed by atoms with Gasteiger partial charge in [0.25, 0.3) is 0 Å². The third-order valence-electron chi connectivity index (χ3n) is 7.96. The number of aryl methyl sites for hydroxylation is 3. The summed E-state index contributed by atoms with van der Waals surface area (Å²) in [6.07, 6.45) is 15.3. The molecule has 0 amide bonds. The maximum atomic E-state index is 2.73. The van der Waals surface area contributed by atoms with Crippen LogP contribution in [0.25, 0.3) is 17.5 Å². The van der Waals surface area contributed by atoms with E-state index in [9.17, 15) is 0 Å². The molecule has 0 radical (unpaired) electrons. The summed E-state index contributed by atoms with van der Waals surface area (Å²) < 4.78 is 5.45. The average Bonchev–Trinajstić information content (AvgIpc) is 3.19. The summed E-state index contributed by atoms with van der Waals surface area (Å²) in [4.78, 5) is 0. The Morgan fingerprint density at radius 3 is 1.80 bits per heavy atom. The zero-order valence-corrected chi connectivity index (χ0v) is 20.2. The fourth-order valence-corrected chi connectivity index (χ4v) is 6.23. The highest BCUT2D eigenvalue weighted by molar-refractivity contribution is 5.68. The first kappa shape index (κ1) is 21.5. The van der Waals surface area contributed by atoms with Crippen molar-refractivity contribution in [3.63, 3.8) is 0 Å². The summed E-state index contributed by atoms with van der Waals surface area (Å²) >= 11 is 0. The molecule has 0 unspecified atom stereocenters. The molecule has 0 atom stereocenters. The highest BCUT2D eigenvalue weighted by atomic mass is 15.1. The first-order valence-corrected chi connectivity index (χ1v) is 12.4. The molecule has 2 aromatic rings. The van der Waals surface area contributed by atoms with Crippen molar-refractivity contribution in [3.8, 4) is 11.4 Å². The van der Waals surface area contributed by atoms with Crippen molar-refractivity contribution in [2.75, 3.05) is 0 Å². The molecule has 0 aromatic carbocycles. The van der Waals surface area contributed by atoms with Crippen LogP contribution >= 0.6 is 0 Å². The fourth-order valence-electron chi connectivity index (χ4n) is 6.23. The number of nitrogens with zero attached hydrogens (tertiary/aromatic N) is 2. The smallest absolute Gasteiger partial charge is 0.0682 e. The first-order valence-electron chi connectivity index (χ1n) is 12.4. The van der Waals surface area contributed by atoms with Gasteiger partial charge in [0.15, 0.2) is 0 Å². The summed E-state index contributed by atoms with van der Waals surface area (Å²) in [6.45, 7) is 14.0. The van der Waals surface area contributed by atoms with E-state index in [2.05, 4.69) is 75.0 Å². The second-order valence-electron chi connectivity index (χ2n) is 10.5. The van der Waals surface area contributed by atoms with Crippen molar-refractivity contribution in [1.82, 2.24) is 9.13 Å². The quantitative estimate of drug-likeness (QED) is 0.482. The van der Waals surface area contributed by atoms with E-state index in [4.69, 9.17) is 0 Å². The van der Waals surface area contributed by atoms with Gasteiger partial charge < -0.3 is 9.13 Å². The molecular weight excluding hydrogens is 364 g/mol. The number of hydrogen-bond acceptors (Lipinski definition) is 0. The standard InChI is InChI=1S/C28H42N2/c1-7-8-26-21(4)18-27(30(26)25-15-11-20(3)12-16-25)28-22(5)17-23(6)29(28)24-13-9-19(2)10-14-24/h7-8,17-20,24-25H,9-16H2,1-6H3/b8-7+. The summed E-state index contributed by atoms with van der Waals surface area (Å²) in [5.41, 5.74) is 8.69. The zero-order chi connectivity index (χ0) is 21.4. The number of aromatic nitrogens is 2. The van der Waals surface area contributed by atoms with Gasteiger partial charge in [-0.05, 0) is 120 Å². The summed E-state index contributed by atoms with van der Waals surface area (Å²) in [5, 5.41) is 0. The highest BCUT2D eigenvalue weighted by Gasteiger charge is 2.29. The van der Waals surface area contributed by atoms with Crippen LogP contribution in [0, 0.1) is 32.6 Å². The summed E-state index contributed by atoms with van der Waals surface area (Å²) in [6, 6.07) is 6.20. The van der Waals surface area contributed by atoms with Crippen LogP contribution in [-0.2, 0) is 0 Å². The van der Waals surface area contributed by atoms with Crippen molar-refractivity contribution < 1.29 is 0 Å². The van der Waals surface area contributed by atoms with Crippen molar-refractivity contribution >= 4 is 6.08 Å². The van der Waals surface area contributed by atoms with Gasteiger partial charge in [0.2, 0.25) is 0 Å². The molecule has 2 aromatic heterocycles. The molecule has 2 fully saturated rings. The lowest BCUT2D eigenvalue weighted by molar-refractivity contribution is 0.284. The van der Waals surface area contributed by atoms with Crippen molar-refractivity contribution in [2.45, 2.75) is 105 Å². The summed E-state index contributed by atoms with van der Waals surface area (Å²) in [7, 11) is 0. The van der Waals surface area contributed by atoms with Gasteiger partial charge in [0.1, 0.15) is 0 Å². The monoisotopic (exact) mass is 406 g/mol. The predicted molar refractivity (Wildman–Crippen MR) is 130 cm³/mol. The van der Waals surface area contributed by atoms with Crippen molar-refractivity contribution in [3.05, 3.63) is 40.7 Å². The Hall–Kier alpha value is -1.70. The van der Waals surface area contributed by atoms with Crippen LogP contribution in [0.4, 0.5) is 0 Å². The SMILES string of the molecule is C/C=C/c1c(C)cc(-c2c(C)cc(C)n2C2CCC(C)CC2)n1C1CCC(C)CC1. The van der Waals surface area contributed by atoms with E-state index in [1.165, 1.54) is 85.3 Å². The van der Waals surface area contributed by atoms with Crippen LogP contribution in [-0.4, -0.2) is 9.13 Å². The molecule has 2 aliphatic rings. The van der Waals surface area contributed by atoms with Gasteiger partial charge in [-0.1, -0.05) is 19.9 Å². The molecule has 0 bridgehead atoms. The lowest BCUT2D eigenvalue weighted by Gasteiger charge is -2.33. The van der Waals surface area contributed by atoms with Crippen molar-refractivity contribution in [1.29, 1.82) is 0 Å². The van der Waals surface area contributed by atoms with E-state index >= 15 is 0 Å². The van der Waals surface area contributed by atoms with Gasteiger partial charge >= 0.3 is 0 Å².